The van der Waals surface area contributed by atoms with Crippen LogP contribution in [0, 0.1) is 6.92 Å². The van der Waals surface area contributed by atoms with Gasteiger partial charge in [-0.15, -0.1) is 0 Å². The quantitative estimate of drug-likeness (QED) is 0.184. The number of benzene rings is 2. The first kappa shape index (κ1) is 25.0. The standard InChI is InChI=1S/C26H19Cl2N3O5S/c1-12-7-20-17(9-15(12)27)30-26(37-20)31-22(13-5-4-6-29-11-13)21(24(33)25(31)34)23(32)14-8-16(28)19(36-3)10-18(14)35-2/h4-11,22,32H,1-3H3/b23-21+. The topological polar surface area (TPSA) is 102 Å². The van der Waals surface area contributed by atoms with Crippen molar-refractivity contribution in [2.45, 2.75) is 13.0 Å². The molecule has 1 aliphatic heterocycles. The van der Waals surface area contributed by atoms with E-state index in [1.165, 1.54) is 48.8 Å². The summed E-state index contributed by atoms with van der Waals surface area (Å²) in [6, 6.07) is 8.90. The number of fused-ring (bicyclic) bond motifs is 1. The molecule has 8 nitrogen and oxygen atoms in total. The van der Waals surface area contributed by atoms with E-state index in [2.05, 4.69) is 9.97 Å². The molecule has 0 aliphatic carbocycles. The molecular formula is C26H19Cl2N3O5S. The van der Waals surface area contributed by atoms with Gasteiger partial charge in [0.1, 0.15) is 17.3 Å². The normalized spacial score (nSPS) is 17.0. The minimum Gasteiger partial charge on any atom is -0.507 e. The molecule has 0 radical (unpaired) electrons. The fourth-order valence-electron chi connectivity index (χ4n) is 4.21. The van der Waals surface area contributed by atoms with Gasteiger partial charge in [-0.1, -0.05) is 40.6 Å². The summed E-state index contributed by atoms with van der Waals surface area (Å²) in [5.74, 6) is -1.64. The van der Waals surface area contributed by atoms with Gasteiger partial charge in [0.2, 0.25) is 0 Å². The Morgan fingerprint density at radius 3 is 2.51 bits per heavy atom. The minimum atomic E-state index is -1.00. The Morgan fingerprint density at radius 2 is 1.84 bits per heavy atom. The number of aliphatic hydroxyl groups is 1. The third-order valence-electron chi connectivity index (χ3n) is 6.04. The van der Waals surface area contributed by atoms with Gasteiger partial charge in [-0.2, -0.15) is 0 Å². The van der Waals surface area contributed by atoms with E-state index in [1.54, 1.807) is 24.4 Å². The van der Waals surface area contributed by atoms with E-state index in [1.807, 2.05) is 13.0 Å². The molecule has 3 heterocycles. The molecule has 5 rings (SSSR count). The number of anilines is 1. The summed E-state index contributed by atoms with van der Waals surface area (Å²) in [6.07, 6.45) is 3.10. The first-order valence-corrected chi connectivity index (χ1v) is 12.5. The molecule has 0 saturated carbocycles. The van der Waals surface area contributed by atoms with Gasteiger partial charge in [-0.3, -0.25) is 19.5 Å². The Morgan fingerprint density at radius 1 is 1.08 bits per heavy atom. The number of ketones is 1. The van der Waals surface area contributed by atoms with Crippen LogP contribution in [0.2, 0.25) is 10.0 Å². The van der Waals surface area contributed by atoms with E-state index in [0.717, 1.165) is 10.3 Å². The van der Waals surface area contributed by atoms with Gasteiger partial charge < -0.3 is 14.6 Å². The maximum Gasteiger partial charge on any atom is 0.301 e. The molecule has 1 unspecified atom stereocenters. The van der Waals surface area contributed by atoms with Crippen LogP contribution in [0.1, 0.15) is 22.7 Å². The molecule has 1 amide bonds. The molecule has 2 aromatic carbocycles. The van der Waals surface area contributed by atoms with Crippen LogP contribution in [-0.2, 0) is 9.59 Å². The summed E-state index contributed by atoms with van der Waals surface area (Å²) >= 11 is 13.8. The number of aromatic nitrogens is 2. The lowest BCUT2D eigenvalue weighted by molar-refractivity contribution is -0.132. The summed E-state index contributed by atoms with van der Waals surface area (Å²) in [5.41, 5.74) is 1.94. The molecule has 1 fully saturated rings. The molecule has 1 saturated heterocycles. The van der Waals surface area contributed by atoms with E-state index >= 15 is 0 Å². The number of rotatable bonds is 5. The molecule has 1 aliphatic rings. The van der Waals surface area contributed by atoms with E-state index in [9.17, 15) is 14.7 Å². The summed E-state index contributed by atoms with van der Waals surface area (Å²) in [5, 5.41) is 12.5. The van der Waals surface area contributed by atoms with Gasteiger partial charge in [-0.05, 0) is 42.3 Å². The maximum atomic E-state index is 13.4. The van der Waals surface area contributed by atoms with Crippen LogP contribution in [-0.4, -0.2) is 41.0 Å². The Hall–Kier alpha value is -3.66. The van der Waals surface area contributed by atoms with Crippen molar-refractivity contribution in [3.8, 4) is 11.5 Å². The number of Topliss-reactive ketones (excluding diaryl/α,β-unsaturated/α-hetero) is 1. The van der Waals surface area contributed by atoms with E-state index in [0.29, 0.717) is 21.9 Å². The number of aliphatic hydroxyl groups excluding tert-OH is 1. The third-order valence-corrected chi connectivity index (χ3v) is 7.76. The number of ether oxygens (including phenoxy) is 2. The molecule has 4 aromatic rings. The fourth-order valence-corrected chi connectivity index (χ4v) is 5.68. The predicted molar refractivity (Wildman–Crippen MR) is 143 cm³/mol. The second-order valence-corrected chi connectivity index (χ2v) is 10.0. The SMILES string of the molecule is COc1cc(OC)c(/C(O)=C2\C(=O)C(=O)N(c3nc4cc(Cl)c(C)cc4s3)C2c2cccnc2)cc1Cl. The lowest BCUT2D eigenvalue weighted by atomic mass is 9.96. The van der Waals surface area contributed by atoms with Crippen LogP contribution in [0.5, 0.6) is 11.5 Å². The van der Waals surface area contributed by atoms with Crippen LogP contribution in [0.4, 0.5) is 5.13 Å². The predicted octanol–water partition coefficient (Wildman–Crippen LogP) is 5.95. The number of carbonyl (C=O) groups is 2. The Bertz CT molecular complexity index is 1560. The Labute approximate surface area is 225 Å². The molecule has 0 bridgehead atoms. The van der Waals surface area contributed by atoms with Crippen molar-refractivity contribution in [1.29, 1.82) is 0 Å². The molecule has 2 aromatic heterocycles. The van der Waals surface area contributed by atoms with Crippen molar-refractivity contribution in [2.75, 3.05) is 19.1 Å². The smallest absolute Gasteiger partial charge is 0.301 e. The highest BCUT2D eigenvalue weighted by molar-refractivity contribution is 7.22. The molecule has 188 valence electrons. The fraction of sp³-hybridized carbons (Fsp3) is 0.154. The highest BCUT2D eigenvalue weighted by Gasteiger charge is 2.48. The van der Waals surface area contributed by atoms with Gasteiger partial charge in [0.25, 0.3) is 5.78 Å². The average Bonchev–Trinajstić information content (AvgIpc) is 3.41. The van der Waals surface area contributed by atoms with Crippen molar-refractivity contribution in [3.63, 3.8) is 0 Å². The summed E-state index contributed by atoms with van der Waals surface area (Å²) in [4.78, 5) is 36.9. The van der Waals surface area contributed by atoms with Crippen molar-refractivity contribution in [2.24, 2.45) is 0 Å². The number of hydrogen-bond acceptors (Lipinski definition) is 8. The highest BCUT2D eigenvalue weighted by atomic mass is 35.5. The van der Waals surface area contributed by atoms with Crippen molar-refractivity contribution in [3.05, 3.63) is 81.1 Å². The molecule has 1 N–H and O–H groups in total. The second-order valence-electron chi connectivity index (χ2n) is 8.21. The molecule has 0 spiro atoms. The highest BCUT2D eigenvalue weighted by Crippen LogP contribution is 2.46. The lowest BCUT2D eigenvalue weighted by Crippen LogP contribution is -2.29. The monoisotopic (exact) mass is 555 g/mol. The Kier molecular flexibility index (Phi) is 6.53. The van der Waals surface area contributed by atoms with Crippen molar-refractivity contribution < 1.29 is 24.2 Å². The zero-order valence-electron chi connectivity index (χ0n) is 19.8. The van der Waals surface area contributed by atoms with E-state index in [-0.39, 0.29) is 27.0 Å². The van der Waals surface area contributed by atoms with Gasteiger partial charge in [-0.25, -0.2) is 4.98 Å². The third kappa shape index (κ3) is 4.19. The van der Waals surface area contributed by atoms with E-state index in [4.69, 9.17) is 32.7 Å². The lowest BCUT2D eigenvalue weighted by Gasteiger charge is -2.22. The van der Waals surface area contributed by atoms with E-state index < -0.39 is 23.5 Å². The average molecular weight is 556 g/mol. The Balaban J connectivity index is 1.75. The summed E-state index contributed by atoms with van der Waals surface area (Å²) in [7, 11) is 2.85. The van der Waals surface area contributed by atoms with Crippen LogP contribution >= 0.6 is 34.5 Å². The van der Waals surface area contributed by atoms with Gasteiger partial charge in [0, 0.05) is 23.5 Å². The first-order chi connectivity index (χ1) is 17.7. The number of pyridine rings is 1. The van der Waals surface area contributed by atoms with Gasteiger partial charge in [0.05, 0.1) is 46.6 Å². The number of methoxy groups -OCH3 is 2. The van der Waals surface area contributed by atoms with Crippen LogP contribution in [0.25, 0.3) is 16.0 Å². The number of amides is 1. The molecule has 11 heteroatoms. The summed E-state index contributed by atoms with van der Waals surface area (Å²) in [6.45, 7) is 1.87. The number of aryl methyl sites for hydroxylation is 1. The number of halogens is 2. The van der Waals surface area contributed by atoms with Crippen LogP contribution in [0.15, 0.2) is 54.4 Å². The molecular weight excluding hydrogens is 537 g/mol. The van der Waals surface area contributed by atoms with Gasteiger partial charge in [0.15, 0.2) is 5.13 Å². The zero-order valence-corrected chi connectivity index (χ0v) is 22.1. The molecule has 1 atom stereocenters. The number of thiazole rings is 1. The minimum absolute atomic E-state index is 0.131. The maximum absolute atomic E-state index is 13.4. The van der Waals surface area contributed by atoms with Crippen molar-refractivity contribution in [1.82, 2.24) is 9.97 Å². The van der Waals surface area contributed by atoms with Crippen LogP contribution < -0.4 is 14.4 Å². The van der Waals surface area contributed by atoms with Crippen LogP contribution in [0.3, 0.4) is 0 Å². The number of hydrogen-bond donors (Lipinski definition) is 1. The van der Waals surface area contributed by atoms with Crippen molar-refractivity contribution >= 4 is 67.3 Å². The second kappa shape index (κ2) is 9.66. The van der Waals surface area contributed by atoms with Gasteiger partial charge >= 0.3 is 5.91 Å². The first-order valence-electron chi connectivity index (χ1n) is 10.9. The summed E-state index contributed by atoms with van der Waals surface area (Å²) < 4.78 is 11.5. The number of carbonyl (C=O) groups excluding carboxylic acids is 2. The molecule has 37 heavy (non-hydrogen) atoms. The zero-order chi connectivity index (χ0) is 26.4. The largest absolute Gasteiger partial charge is 0.507 e. The number of nitrogens with zero attached hydrogens (tertiary/aromatic N) is 3.